The highest BCUT2D eigenvalue weighted by atomic mass is 16.7. The lowest BCUT2D eigenvalue weighted by Crippen LogP contribution is -2.28. The van der Waals surface area contributed by atoms with Crippen LogP contribution in [0.25, 0.3) is 6.08 Å². The molecule has 21 heavy (non-hydrogen) atoms. The van der Waals surface area contributed by atoms with Gasteiger partial charge in [0, 0.05) is 6.92 Å². The van der Waals surface area contributed by atoms with Crippen molar-refractivity contribution in [3.05, 3.63) is 77.9 Å². The molecule has 0 heterocycles. The summed E-state index contributed by atoms with van der Waals surface area (Å²) in [6, 6.07) is 19.8. The van der Waals surface area contributed by atoms with Crippen molar-refractivity contribution in [2.24, 2.45) is 0 Å². The minimum atomic E-state index is -0.105. The van der Waals surface area contributed by atoms with Gasteiger partial charge in [0.2, 0.25) is 5.91 Å². The van der Waals surface area contributed by atoms with Crippen LogP contribution in [0.5, 0.6) is 0 Å². The third-order valence-electron chi connectivity index (χ3n) is 2.96. The van der Waals surface area contributed by atoms with E-state index in [4.69, 9.17) is 4.84 Å². The number of amides is 1. The van der Waals surface area contributed by atoms with Crippen LogP contribution in [0.1, 0.15) is 18.1 Å². The van der Waals surface area contributed by atoms with Crippen molar-refractivity contribution in [1.82, 2.24) is 5.06 Å². The van der Waals surface area contributed by atoms with Gasteiger partial charge in [0.25, 0.3) is 0 Å². The first-order valence-corrected chi connectivity index (χ1v) is 6.92. The predicted octanol–water partition coefficient (Wildman–Crippen LogP) is 3.68. The minimum absolute atomic E-state index is 0.105. The van der Waals surface area contributed by atoms with E-state index < -0.39 is 0 Å². The van der Waals surface area contributed by atoms with E-state index >= 15 is 0 Å². The van der Waals surface area contributed by atoms with E-state index in [9.17, 15) is 4.79 Å². The molecule has 0 aliphatic rings. The molecule has 0 saturated carbocycles. The Labute approximate surface area is 125 Å². The van der Waals surface area contributed by atoms with E-state index in [2.05, 4.69) is 0 Å². The Hall–Kier alpha value is -2.39. The average Bonchev–Trinajstić information content (AvgIpc) is 2.52. The molecule has 2 aromatic rings. The Morgan fingerprint density at radius 2 is 1.67 bits per heavy atom. The van der Waals surface area contributed by atoms with Gasteiger partial charge in [-0.1, -0.05) is 72.8 Å². The SMILES string of the molecule is CC(=O)N(Cc1ccccc1)OC/C=C/c1ccccc1. The first-order chi connectivity index (χ1) is 10.3. The number of benzene rings is 2. The number of nitrogens with zero attached hydrogens (tertiary/aromatic N) is 1. The van der Waals surface area contributed by atoms with E-state index in [1.807, 2.05) is 72.8 Å². The van der Waals surface area contributed by atoms with Crippen molar-refractivity contribution >= 4 is 12.0 Å². The normalized spacial score (nSPS) is 10.7. The zero-order valence-electron chi connectivity index (χ0n) is 12.1. The summed E-state index contributed by atoms with van der Waals surface area (Å²) in [6.07, 6.45) is 3.87. The van der Waals surface area contributed by atoms with Gasteiger partial charge in [-0.15, -0.1) is 0 Å². The van der Waals surface area contributed by atoms with Gasteiger partial charge in [-0.2, -0.15) is 0 Å². The molecule has 0 aliphatic carbocycles. The quantitative estimate of drug-likeness (QED) is 0.756. The van der Waals surface area contributed by atoms with Crippen molar-refractivity contribution in [2.45, 2.75) is 13.5 Å². The fourth-order valence-corrected chi connectivity index (χ4v) is 1.88. The van der Waals surface area contributed by atoms with Crippen molar-refractivity contribution < 1.29 is 9.63 Å². The van der Waals surface area contributed by atoms with Crippen LogP contribution < -0.4 is 0 Å². The number of hydrogen-bond donors (Lipinski definition) is 0. The van der Waals surface area contributed by atoms with Gasteiger partial charge in [-0.3, -0.25) is 9.63 Å². The number of hydrogen-bond acceptors (Lipinski definition) is 2. The second-order valence-corrected chi connectivity index (χ2v) is 4.65. The molecule has 0 N–H and O–H groups in total. The van der Waals surface area contributed by atoms with Gasteiger partial charge in [0.1, 0.15) is 0 Å². The highest BCUT2D eigenvalue weighted by Gasteiger charge is 2.09. The zero-order valence-corrected chi connectivity index (χ0v) is 12.1. The van der Waals surface area contributed by atoms with Crippen LogP contribution >= 0.6 is 0 Å². The van der Waals surface area contributed by atoms with Crippen LogP contribution in [-0.4, -0.2) is 17.6 Å². The molecule has 0 aliphatic heterocycles. The zero-order chi connectivity index (χ0) is 14.9. The lowest BCUT2D eigenvalue weighted by atomic mass is 10.2. The summed E-state index contributed by atoms with van der Waals surface area (Å²) in [6.45, 7) is 2.32. The monoisotopic (exact) mass is 281 g/mol. The lowest BCUT2D eigenvalue weighted by Gasteiger charge is -2.19. The molecule has 108 valence electrons. The second-order valence-electron chi connectivity index (χ2n) is 4.65. The van der Waals surface area contributed by atoms with Crippen LogP contribution in [-0.2, 0) is 16.2 Å². The van der Waals surface area contributed by atoms with Crippen LogP contribution in [0.3, 0.4) is 0 Å². The van der Waals surface area contributed by atoms with Gasteiger partial charge in [0.15, 0.2) is 0 Å². The third-order valence-corrected chi connectivity index (χ3v) is 2.96. The lowest BCUT2D eigenvalue weighted by molar-refractivity contribution is -0.183. The maximum absolute atomic E-state index is 11.6. The van der Waals surface area contributed by atoms with Gasteiger partial charge >= 0.3 is 0 Å². The number of hydroxylamine groups is 2. The summed E-state index contributed by atoms with van der Waals surface area (Å²) in [5, 5.41) is 1.38. The van der Waals surface area contributed by atoms with Crippen molar-refractivity contribution in [3.8, 4) is 0 Å². The Kier molecular flexibility index (Phi) is 5.73. The highest BCUT2D eigenvalue weighted by Crippen LogP contribution is 2.06. The number of carbonyl (C=O) groups excluding carboxylic acids is 1. The molecule has 2 aromatic carbocycles. The molecule has 0 spiro atoms. The largest absolute Gasteiger partial charge is 0.273 e. The molecule has 1 amide bonds. The molecular formula is C18H19NO2. The Morgan fingerprint density at radius 1 is 1.05 bits per heavy atom. The molecule has 3 heteroatoms. The van der Waals surface area contributed by atoms with E-state index in [1.165, 1.54) is 12.0 Å². The maximum Gasteiger partial charge on any atom is 0.243 e. The van der Waals surface area contributed by atoms with Gasteiger partial charge in [0.05, 0.1) is 13.2 Å². The summed E-state index contributed by atoms with van der Waals surface area (Å²) in [5.74, 6) is -0.105. The molecule has 0 aromatic heterocycles. The molecular weight excluding hydrogens is 262 g/mol. The van der Waals surface area contributed by atoms with Crippen LogP contribution in [0.2, 0.25) is 0 Å². The fraction of sp³-hybridized carbons (Fsp3) is 0.167. The van der Waals surface area contributed by atoms with Crippen molar-refractivity contribution in [2.75, 3.05) is 6.61 Å². The maximum atomic E-state index is 11.6. The smallest absolute Gasteiger partial charge is 0.243 e. The highest BCUT2D eigenvalue weighted by molar-refractivity contribution is 5.72. The molecule has 2 rings (SSSR count). The molecule has 0 saturated heterocycles. The minimum Gasteiger partial charge on any atom is -0.273 e. The van der Waals surface area contributed by atoms with Crippen LogP contribution in [0, 0.1) is 0 Å². The van der Waals surface area contributed by atoms with Crippen molar-refractivity contribution in [3.63, 3.8) is 0 Å². The summed E-state index contributed by atoms with van der Waals surface area (Å²) < 4.78 is 0. The molecule has 0 radical (unpaired) electrons. The van der Waals surface area contributed by atoms with E-state index in [-0.39, 0.29) is 5.91 Å². The van der Waals surface area contributed by atoms with Gasteiger partial charge in [-0.05, 0) is 11.1 Å². The topological polar surface area (TPSA) is 29.5 Å². The predicted molar refractivity (Wildman–Crippen MR) is 84.1 cm³/mol. The molecule has 0 atom stereocenters. The van der Waals surface area contributed by atoms with Gasteiger partial charge < -0.3 is 0 Å². The van der Waals surface area contributed by atoms with Crippen LogP contribution in [0.15, 0.2) is 66.7 Å². The molecule has 0 bridgehead atoms. The molecule has 0 fully saturated rings. The van der Waals surface area contributed by atoms with E-state index in [0.717, 1.165) is 11.1 Å². The number of carbonyl (C=O) groups is 1. The Bertz CT molecular complexity index is 579. The third kappa shape index (κ3) is 5.24. The molecule has 3 nitrogen and oxygen atoms in total. The van der Waals surface area contributed by atoms with E-state index in [1.54, 1.807) is 0 Å². The van der Waals surface area contributed by atoms with E-state index in [0.29, 0.717) is 13.2 Å². The fourth-order valence-electron chi connectivity index (χ4n) is 1.88. The standard InChI is InChI=1S/C18H19NO2/c1-16(20)19(15-18-11-6-3-7-12-18)21-14-8-13-17-9-4-2-5-10-17/h2-13H,14-15H2,1H3/b13-8+. The second kappa shape index (κ2) is 8.02. The first kappa shape index (κ1) is 15.0. The summed E-state index contributed by atoms with van der Waals surface area (Å²) >= 11 is 0. The Morgan fingerprint density at radius 3 is 2.29 bits per heavy atom. The van der Waals surface area contributed by atoms with Crippen molar-refractivity contribution in [1.29, 1.82) is 0 Å². The number of rotatable bonds is 6. The average molecular weight is 281 g/mol. The van der Waals surface area contributed by atoms with Crippen LogP contribution in [0.4, 0.5) is 0 Å². The summed E-state index contributed by atoms with van der Waals surface area (Å²) in [7, 11) is 0. The van der Waals surface area contributed by atoms with Gasteiger partial charge in [-0.25, -0.2) is 5.06 Å². The summed E-state index contributed by atoms with van der Waals surface area (Å²) in [5.41, 5.74) is 2.15. The first-order valence-electron chi connectivity index (χ1n) is 6.92. The Balaban J connectivity index is 1.86. The summed E-state index contributed by atoms with van der Waals surface area (Å²) in [4.78, 5) is 17.1. The molecule has 0 unspecified atom stereocenters.